The summed E-state index contributed by atoms with van der Waals surface area (Å²) in [6.45, 7) is 8.28. The lowest BCUT2D eigenvalue weighted by molar-refractivity contribution is -0.151. The lowest BCUT2D eigenvalue weighted by Crippen LogP contribution is -2.22. The van der Waals surface area contributed by atoms with Gasteiger partial charge < -0.3 is 4.74 Å². The second-order valence-corrected chi connectivity index (χ2v) is 10.6. The molecular weight excluding hydrogens is 408 g/mol. The largest absolute Gasteiger partial charge is 0.462 e. The third-order valence-electron chi connectivity index (χ3n) is 6.76. The van der Waals surface area contributed by atoms with Gasteiger partial charge in [0.2, 0.25) is 0 Å². The molecule has 0 aliphatic heterocycles. The van der Waals surface area contributed by atoms with Crippen LogP contribution in [0.2, 0.25) is 0 Å². The van der Waals surface area contributed by atoms with Crippen molar-refractivity contribution in [2.24, 2.45) is 5.92 Å². The fraction of sp³-hybridized carbons (Fsp3) is 0.933. The molecule has 0 bridgehead atoms. The van der Waals surface area contributed by atoms with Gasteiger partial charge in [-0.2, -0.15) is 0 Å². The number of carbonyl (C=O) groups is 2. The van der Waals surface area contributed by atoms with Crippen LogP contribution in [0.4, 0.5) is 0 Å². The van der Waals surface area contributed by atoms with Crippen molar-refractivity contribution in [1.82, 2.24) is 0 Å². The van der Waals surface area contributed by atoms with E-state index in [0.717, 1.165) is 19.3 Å². The molecule has 33 heavy (non-hydrogen) atoms. The van der Waals surface area contributed by atoms with Crippen molar-refractivity contribution in [2.75, 3.05) is 0 Å². The van der Waals surface area contributed by atoms with E-state index in [2.05, 4.69) is 20.8 Å². The third-order valence-corrected chi connectivity index (χ3v) is 6.76. The second kappa shape index (κ2) is 24.3. The summed E-state index contributed by atoms with van der Waals surface area (Å²) in [4.78, 5) is 24.1. The molecule has 3 heteroatoms. The Morgan fingerprint density at radius 3 is 1.39 bits per heavy atom. The number of hydrogen-bond acceptors (Lipinski definition) is 3. The Kier molecular flexibility index (Phi) is 23.6. The van der Waals surface area contributed by atoms with Crippen molar-refractivity contribution in [3.05, 3.63) is 0 Å². The van der Waals surface area contributed by atoms with Crippen LogP contribution >= 0.6 is 0 Å². The normalized spacial score (nSPS) is 13.1. The van der Waals surface area contributed by atoms with Crippen molar-refractivity contribution >= 4 is 11.8 Å². The van der Waals surface area contributed by atoms with Crippen molar-refractivity contribution in [3.8, 4) is 0 Å². The zero-order valence-corrected chi connectivity index (χ0v) is 22.9. The first kappa shape index (κ1) is 32.1. The molecule has 2 atom stereocenters. The number of ketones is 1. The van der Waals surface area contributed by atoms with Gasteiger partial charge in [0, 0.05) is 12.8 Å². The summed E-state index contributed by atoms with van der Waals surface area (Å²) in [5.74, 6) is 0.375. The molecule has 0 N–H and O–H groups in total. The molecule has 0 rings (SSSR count). The Morgan fingerprint density at radius 1 is 0.576 bits per heavy atom. The molecule has 0 saturated heterocycles. The van der Waals surface area contributed by atoms with Crippen LogP contribution in [0.5, 0.6) is 0 Å². The van der Waals surface area contributed by atoms with E-state index in [0.29, 0.717) is 18.8 Å². The van der Waals surface area contributed by atoms with E-state index in [9.17, 15) is 9.59 Å². The Balaban J connectivity index is 3.88. The quantitative estimate of drug-likeness (QED) is 0.0993. The first-order valence-electron chi connectivity index (χ1n) is 14.7. The van der Waals surface area contributed by atoms with E-state index >= 15 is 0 Å². The Bertz CT molecular complexity index is 446. The maximum absolute atomic E-state index is 12.4. The lowest BCUT2D eigenvalue weighted by atomic mass is 9.98. The van der Waals surface area contributed by atoms with Crippen LogP contribution in [0.3, 0.4) is 0 Å². The average Bonchev–Trinajstić information content (AvgIpc) is 2.76. The average molecular weight is 467 g/mol. The molecule has 0 saturated carbocycles. The maximum atomic E-state index is 12.4. The maximum Gasteiger partial charge on any atom is 0.306 e. The van der Waals surface area contributed by atoms with Crippen LogP contribution in [0.1, 0.15) is 169 Å². The van der Waals surface area contributed by atoms with Gasteiger partial charge >= 0.3 is 5.97 Å². The Labute approximate surface area is 207 Å². The number of hydrogen-bond donors (Lipinski definition) is 0. The predicted octanol–water partition coefficient (Wildman–Crippen LogP) is 9.75. The van der Waals surface area contributed by atoms with Crippen LogP contribution in [0.25, 0.3) is 0 Å². The summed E-state index contributed by atoms with van der Waals surface area (Å²) in [6.07, 6.45) is 26.1. The Morgan fingerprint density at radius 2 is 0.970 bits per heavy atom. The summed E-state index contributed by atoms with van der Waals surface area (Å²) < 4.78 is 5.74. The highest BCUT2D eigenvalue weighted by atomic mass is 16.5. The van der Waals surface area contributed by atoms with Gasteiger partial charge in [0.1, 0.15) is 11.9 Å². The molecule has 0 heterocycles. The summed E-state index contributed by atoms with van der Waals surface area (Å²) in [5, 5.41) is 0. The third kappa shape index (κ3) is 24.1. The highest BCUT2D eigenvalue weighted by Gasteiger charge is 2.18. The van der Waals surface area contributed by atoms with Crippen LogP contribution in [0, 0.1) is 5.92 Å². The summed E-state index contributed by atoms with van der Waals surface area (Å²) in [5.41, 5.74) is 0. The molecule has 2 unspecified atom stereocenters. The molecule has 0 aliphatic carbocycles. The summed E-state index contributed by atoms with van der Waals surface area (Å²) in [6, 6.07) is 0. The van der Waals surface area contributed by atoms with Gasteiger partial charge in [-0.15, -0.1) is 0 Å². The van der Waals surface area contributed by atoms with Crippen molar-refractivity contribution < 1.29 is 14.3 Å². The van der Waals surface area contributed by atoms with E-state index in [1.54, 1.807) is 6.92 Å². The van der Waals surface area contributed by atoms with Crippen LogP contribution in [-0.2, 0) is 14.3 Å². The Hall–Kier alpha value is -0.860. The number of carbonyl (C=O) groups excluding carboxylic acids is 2. The molecule has 0 aromatic heterocycles. The van der Waals surface area contributed by atoms with E-state index in [-0.39, 0.29) is 17.9 Å². The van der Waals surface area contributed by atoms with Crippen LogP contribution < -0.4 is 0 Å². The highest BCUT2D eigenvalue weighted by molar-refractivity contribution is 5.76. The molecule has 0 amide bonds. The van der Waals surface area contributed by atoms with Crippen LogP contribution in [-0.4, -0.2) is 17.9 Å². The van der Waals surface area contributed by atoms with Gasteiger partial charge in [0.15, 0.2) is 0 Å². The number of unbranched alkanes of at least 4 members (excludes halogenated alkanes) is 16. The van der Waals surface area contributed by atoms with Crippen molar-refractivity contribution in [2.45, 2.75) is 175 Å². The topological polar surface area (TPSA) is 43.4 Å². The zero-order chi connectivity index (χ0) is 24.6. The first-order chi connectivity index (χ1) is 16.0. The summed E-state index contributed by atoms with van der Waals surface area (Å²) >= 11 is 0. The number of esters is 1. The second-order valence-electron chi connectivity index (χ2n) is 10.6. The molecule has 0 aromatic rings. The smallest absolute Gasteiger partial charge is 0.306 e. The molecule has 0 aromatic carbocycles. The molecule has 196 valence electrons. The van der Waals surface area contributed by atoms with Crippen LogP contribution in [0.15, 0.2) is 0 Å². The van der Waals surface area contributed by atoms with Gasteiger partial charge in [0.05, 0.1) is 0 Å². The predicted molar refractivity (Wildman–Crippen MR) is 143 cm³/mol. The zero-order valence-electron chi connectivity index (χ0n) is 22.9. The SMILES string of the molecule is CCCCCCCCCCCC(C)CC(=O)OC(CCCCCCCCCCC)CC(C)=O. The fourth-order valence-electron chi connectivity index (χ4n) is 4.63. The van der Waals surface area contributed by atoms with Gasteiger partial charge in [-0.25, -0.2) is 0 Å². The first-order valence-corrected chi connectivity index (χ1v) is 14.7. The fourth-order valence-corrected chi connectivity index (χ4v) is 4.63. The molecule has 0 radical (unpaired) electrons. The van der Waals surface area contributed by atoms with Crippen molar-refractivity contribution in [1.29, 1.82) is 0 Å². The van der Waals surface area contributed by atoms with Gasteiger partial charge in [0.25, 0.3) is 0 Å². The molecular formula is C30H58O3. The lowest BCUT2D eigenvalue weighted by Gasteiger charge is -2.18. The molecule has 3 nitrogen and oxygen atoms in total. The van der Waals surface area contributed by atoms with Gasteiger partial charge in [-0.3, -0.25) is 9.59 Å². The summed E-state index contributed by atoms with van der Waals surface area (Å²) in [7, 11) is 0. The number of Topliss-reactive ketones (excluding diaryl/α,β-unsaturated/α-hetero) is 1. The van der Waals surface area contributed by atoms with E-state index in [4.69, 9.17) is 4.74 Å². The monoisotopic (exact) mass is 466 g/mol. The standard InChI is InChI=1S/C30H58O3/c1-5-7-9-11-13-15-17-19-21-23-27(3)25-30(32)33-29(26-28(4)31)24-22-20-18-16-14-12-10-8-6-2/h27,29H,5-26H2,1-4H3. The highest BCUT2D eigenvalue weighted by Crippen LogP contribution is 2.19. The minimum Gasteiger partial charge on any atom is -0.462 e. The molecule has 0 spiro atoms. The van der Waals surface area contributed by atoms with E-state index in [1.807, 2.05) is 0 Å². The minimum atomic E-state index is -0.223. The van der Waals surface area contributed by atoms with Crippen molar-refractivity contribution in [3.63, 3.8) is 0 Å². The molecule has 0 fully saturated rings. The molecule has 0 aliphatic rings. The van der Waals surface area contributed by atoms with Gasteiger partial charge in [-0.1, -0.05) is 136 Å². The number of ether oxygens (including phenoxy) is 1. The minimum absolute atomic E-state index is 0.111. The van der Waals surface area contributed by atoms with Gasteiger partial charge in [-0.05, 0) is 25.7 Å². The van der Waals surface area contributed by atoms with E-state index < -0.39 is 0 Å². The number of rotatable bonds is 25. The van der Waals surface area contributed by atoms with E-state index in [1.165, 1.54) is 109 Å².